The maximum atomic E-state index is 12.2. The second kappa shape index (κ2) is 7.38. The molecule has 3 aromatic rings. The smallest absolute Gasteiger partial charge is 0.258 e. The Morgan fingerprint density at radius 1 is 1.17 bits per heavy atom. The Kier molecular flexibility index (Phi) is 5.23. The second-order valence-corrected chi connectivity index (χ2v) is 7.01. The molecule has 0 amide bonds. The van der Waals surface area contributed by atoms with Crippen molar-refractivity contribution in [3.8, 4) is 0 Å². The van der Waals surface area contributed by atoms with E-state index in [1.54, 1.807) is 30.0 Å². The molecule has 0 saturated carbocycles. The van der Waals surface area contributed by atoms with Crippen molar-refractivity contribution in [1.29, 1.82) is 0 Å². The molecule has 0 fully saturated rings. The van der Waals surface area contributed by atoms with Crippen molar-refractivity contribution in [2.24, 2.45) is 0 Å². The number of nitrogens with one attached hydrogen (secondary N) is 1. The highest BCUT2D eigenvalue weighted by Gasteiger charge is 2.08. The number of aromatic amines is 1. The van der Waals surface area contributed by atoms with Crippen LogP contribution in [0.4, 0.5) is 0 Å². The molecule has 6 heteroatoms. The monoisotopic (exact) mass is 359 g/mol. The zero-order valence-electron chi connectivity index (χ0n) is 13.5. The number of halogens is 1. The molecular formula is C18H18ClN3OS. The number of aromatic nitrogens is 2. The van der Waals surface area contributed by atoms with Crippen LogP contribution < -0.4 is 5.56 Å². The second-order valence-electron chi connectivity index (χ2n) is 5.69. The van der Waals surface area contributed by atoms with Crippen molar-refractivity contribution in [3.63, 3.8) is 0 Å². The lowest BCUT2D eigenvalue weighted by Gasteiger charge is -2.16. The molecular weight excluding hydrogens is 342 g/mol. The van der Waals surface area contributed by atoms with E-state index in [1.165, 1.54) is 10.5 Å². The van der Waals surface area contributed by atoms with Gasteiger partial charge in [0.15, 0.2) is 0 Å². The zero-order valence-corrected chi connectivity index (χ0v) is 15.1. The molecule has 2 aromatic carbocycles. The van der Waals surface area contributed by atoms with E-state index in [1.807, 2.05) is 7.05 Å². The quantitative estimate of drug-likeness (QED) is 0.701. The largest absolute Gasteiger partial charge is 0.309 e. The summed E-state index contributed by atoms with van der Waals surface area (Å²) in [6.07, 6.45) is 2.07. The van der Waals surface area contributed by atoms with Crippen LogP contribution in [0.2, 0.25) is 5.02 Å². The number of fused-ring (bicyclic) bond motifs is 1. The summed E-state index contributed by atoms with van der Waals surface area (Å²) in [6.45, 7) is 1.36. The number of hydrogen-bond donors (Lipinski definition) is 1. The van der Waals surface area contributed by atoms with E-state index < -0.39 is 0 Å². The number of hydrogen-bond acceptors (Lipinski definition) is 4. The molecule has 1 N–H and O–H groups in total. The fourth-order valence-corrected chi connectivity index (χ4v) is 3.17. The average molecular weight is 360 g/mol. The topological polar surface area (TPSA) is 49.0 Å². The first-order chi connectivity index (χ1) is 11.5. The van der Waals surface area contributed by atoms with E-state index in [0.717, 1.165) is 6.54 Å². The fourth-order valence-electron chi connectivity index (χ4n) is 2.59. The average Bonchev–Trinajstić information content (AvgIpc) is 2.56. The van der Waals surface area contributed by atoms with Gasteiger partial charge in [0.05, 0.1) is 17.4 Å². The van der Waals surface area contributed by atoms with Gasteiger partial charge in [-0.1, -0.05) is 23.7 Å². The van der Waals surface area contributed by atoms with Crippen molar-refractivity contribution >= 4 is 34.3 Å². The van der Waals surface area contributed by atoms with E-state index in [2.05, 4.69) is 45.4 Å². The Hall–Kier alpha value is -1.82. The highest BCUT2D eigenvalue weighted by atomic mass is 35.5. The summed E-state index contributed by atoms with van der Waals surface area (Å²) < 4.78 is 0. The van der Waals surface area contributed by atoms with Crippen molar-refractivity contribution in [3.05, 3.63) is 69.2 Å². The van der Waals surface area contributed by atoms with Crippen LogP contribution in [0.3, 0.4) is 0 Å². The van der Waals surface area contributed by atoms with Gasteiger partial charge in [-0.15, -0.1) is 11.8 Å². The van der Waals surface area contributed by atoms with E-state index in [-0.39, 0.29) is 5.56 Å². The molecule has 1 heterocycles. The lowest BCUT2D eigenvalue weighted by molar-refractivity contribution is 0.310. The van der Waals surface area contributed by atoms with Crippen LogP contribution in [0.15, 0.2) is 52.2 Å². The molecule has 4 nitrogen and oxygen atoms in total. The molecule has 0 atom stereocenters. The fraction of sp³-hybridized carbons (Fsp3) is 0.222. The van der Waals surface area contributed by atoms with Gasteiger partial charge in [0.25, 0.3) is 5.56 Å². The molecule has 0 unspecified atom stereocenters. The summed E-state index contributed by atoms with van der Waals surface area (Å²) in [7, 11) is 2.01. The number of thioether (sulfide) groups is 1. The van der Waals surface area contributed by atoms with Gasteiger partial charge in [0.2, 0.25) is 0 Å². The first-order valence-electron chi connectivity index (χ1n) is 7.55. The summed E-state index contributed by atoms with van der Waals surface area (Å²) in [5.41, 5.74) is 1.73. The third-order valence-electron chi connectivity index (χ3n) is 3.75. The predicted molar refractivity (Wildman–Crippen MR) is 101 cm³/mol. The van der Waals surface area contributed by atoms with Crippen LogP contribution in [0.5, 0.6) is 0 Å². The van der Waals surface area contributed by atoms with Crippen molar-refractivity contribution < 1.29 is 0 Å². The summed E-state index contributed by atoms with van der Waals surface area (Å²) in [5.74, 6) is 0.651. The Bertz CT molecular complexity index is 908. The first-order valence-corrected chi connectivity index (χ1v) is 9.15. The van der Waals surface area contributed by atoms with Gasteiger partial charge in [-0.25, -0.2) is 4.98 Å². The van der Waals surface area contributed by atoms with Gasteiger partial charge in [0.1, 0.15) is 5.82 Å². The molecule has 0 aliphatic heterocycles. The Balaban J connectivity index is 1.76. The Morgan fingerprint density at radius 3 is 2.62 bits per heavy atom. The third-order valence-corrected chi connectivity index (χ3v) is 4.73. The van der Waals surface area contributed by atoms with Crippen molar-refractivity contribution in [1.82, 2.24) is 14.9 Å². The summed E-state index contributed by atoms with van der Waals surface area (Å²) >= 11 is 7.67. The van der Waals surface area contributed by atoms with Gasteiger partial charge in [-0.3, -0.25) is 9.69 Å². The SMILES string of the molecule is CSc1ccc(CN(C)Cc2nc3ccc(Cl)cc3c(=O)[nH]2)cc1. The molecule has 0 saturated heterocycles. The zero-order chi connectivity index (χ0) is 17.1. The Morgan fingerprint density at radius 2 is 1.92 bits per heavy atom. The summed E-state index contributed by atoms with van der Waals surface area (Å²) in [6, 6.07) is 13.7. The summed E-state index contributed by atoms with van der Waals surface area (Å²) in [5, 5.41) is 1.05. The van der Waals surface area contributed by atoms with E-state index in [0.29, 0.717) is 28.3 Å². The first kappa shape index (κ1) is 17.0. The molecule has 24 heavy (non-hydrogen) atoms. The minimum atomic E-state index is -0.157. The minimum absolute atomic E-state index is 0.157. The van der Waals surface area contributed by atoms with Crippen LogP contribution in [0.1, 0.15) is 11.4 Å². The summed E-state index contributed by atoms with van der Waals surface area (Å²) in [4.78, 5) is 22.9. The number of benzene rings is 2. The molecule has 0 bridgehead atoms. The normalized spacial score (nSPS) is 11.3. The molecule has 0 radical (unpaired) electrons. The maximum Gasteiger partial charge on any atom is 0.258 e. The van der Waals surface area contributed by atoms with Gasteiger partial charge in [-0.2, -0.15) is 0 Å². The van der Waals surface area contributed by atoms with E-state index in [4.69, 9.17) is 11.6 Å². The van der Waals surface area contributed by atoms with Gasteiger partial charge in [-0.05, 0) is 49.2 Å². The standard InChI is InChI=1S/C18H18ClN3OS/c1-22(10-12-3-6-14(24-2)7-4-12)11-17-20-16-8-5-13(19)9-15(16)18(23)21-17/h3-9H,10-11H2,1-2H3,(H,20,21,23). The Labute approximate surface area is 149 Å². The van der Waals surface area contributed by atoms with E-state index >= 15 is 0 Å². The van der Waals surface area contributed by atoms with Gasteiger partial charge < -0.3 is 4.98 Å². The van der Waals surface area contributed by atoms with Crippen LogP contribution in [0.25, 0.3) is 10.9 Å². The lowest BCUT2D eigenvalue weighted by atomic mass is 10.2. The minimum Gasteiger partial charge on any atom is -0.309 e. The number of rotatable bonds is 5. The van der Waals surface area contributed by atoms with Crippen molar-refractivity contribution in [2.45, 2.75) is 18.0 Å². The predicted octanol–water partition coefficient (Wildman–Crippen LogP) is 3.93. The molecule has 0 aliphatic rings. The van der Waals surface area contributed by atoms with Crippen LogP contribution in [0, 0.1) is 0 Å². The molecule has 3 rings (SSSR count). The van der Waals surface area contributed by atoms with Gasteiger partial charge in [0, 0.05) is 16.5 Å². The number of H-pyrrole nitrogens is 1. The van der Waals surface area contributed by atoms with Crippen LogP contribution in [-0.4, -0.2) is 28.2 Å². The molecule has 0 spiro atoms. The van der Waals surface area contributed by atoms with Gasteiger partial charge >= 0.3 is 0 Å². The third kappa shape index (κ3) is 3.98. The van der Waals surface area contributed by atoms with Crippen LogP contribution in [-0.2, 0) is 13.1 Å². The van der Waals surface area contributed by atoms with E-state index in [9.17, 15) is 4.79 Å². The maximum absolute atomic E-state index is 12.2. The molecule has 0 aliphatic carbocycles. The highest BCUT2D eigenvalue weighted by molar-refractivity contribution is 7.98. The van der Waals surface area contributed by atoms with Crippen molar-refractivity contribution in [2.75, 3.05) is 13.3 Å². The number of nitrogens with zero attached hydrogens (tertiary/aromatic N) is 2. The van der Waals surface area contributed by atoms with Crippen LogP contribution >= 0.6 is 23.4 Å². The molecule has 124 valence electrons. The lowest BCUT2D eigenvalue weighted by Crippen LogP contribution is -2.21. The molecule has 1 aromatic heterocycles. The highest BCUT2D eigenvalue weighted by Crippen LogP contribution is 2.17.